The first kappa shape index (κ1) is 12.6. The average molecular weight is 270 g/mol. The summed E-state index contributed by atoms with van der Waals surface area (Å²) in [5, 5.41) is 4.52. The van der Waals surface area contributed by atoms with Gasteiger partial charge in [-0.05, 0) is 25.8 Å². The lowest BCUT2D eigenvalue weighted by Gasteiger charge is -2.19. The molecular weight excluding hydrogens is 254 g/mol. The number of hydrogen-bond donors (Lipinski definition) is 1. The minimum atomic E-state index is 0.297. The van der Waals surface area contributed by atoms with Crippen LogP contribution in [0.4, 0.5) is 5.82 Å². The number of nitrogens with one attached hydrogen (secondary N) is 1. The van der Waals surface area contributed by atoms with E-state index in [-0.39, 0.29) is 0 Å². The van der Waals surface area contributed by atoms with Gasteiger partial charge in [0.1, 0.15) is 17.0 Å². The summed E-state index contributed by atoms with van der Waals surface area (Å²) in [4.78, 5) is 10.9. The number of thiophene rings is 1. The maximum atomic E-state index is 5.86. The van der Waals surface area contributed by atoms with Gasteiger partial charge in [-0.25, -0.2) is 9.97 Å². The number of fused-ring (bicyclic) bond motifs is 1. The summed E-state index contributed by atoms with van der Waals surface area (Å²) in [6.07, 6.45) is 1.61. The van der Waals surface area contributed by atoms with Crippen molar-refractivity contribution in [3.05, 3.63) is 17.3 Å². The highest BCUT2D eigenvalue weighted by Gasteiger charge is 2.14. The summed E-state index contributed by atoms with van der Waals surface area (Å²) >= 11 is 7.56. The highest BCUT2D eigenvalue weighted by Crippen LogP contribution is 2.28. The first-order valence-corrected chi connectivity index (χ1v) is 7.00. The van der Waals surface area contributed by atoms with E-state index in [0.29, 0.717) is 17.8 Å². The molecule has 1 N–H and O–H groups in total. The van der Waals surface area contributed by atoms with Gasteiger partial charge < -0.3 is 5.32 Å². The number of aryl methyl sites for hydroxylation is 1. The normalized spacial score (nSPS) is 14.8. The molecule has 17 heavy (non-hydrogen) atoms. The zero-order chi connectivity index (χ0) is 12.4. The molecule has 2 atom stereocenters. The molecule has 2 heterocycles. The standard InChI is InChI=1S/C12H16ClN3S/c1-7(5-13)9(3)16-11-10-4-8(2)17-12(10)15-6-14-11/h4,6-7,9H,5H2,1-3H3,(H,14,15,16). The smallest absolute Gasteiger partial charge is 0.138 e. The first-order valence-electron chi connectivity index (χ1n) is 5.65. The van der Waals surface area contributed by atoms with E-state index in [4.69, 9.17) is 11.6 Å². The van der Waals surface area contributed by atoms with Crippen molar-refractivity contribution in [2.24, 2.45) is 5.92 Å². The van der Waals surface area contributed by atoms with Crippen LogP contribution in [0.2, 0.25) is 0 Å². The van der Waals surface area contributed by atoms with Crippen LogP contribution in [-0.4, -0.2) is 21.9 Å². The molecule has 0 spiro atoms. The van der Waals surface area contributed by atoms with Gasteiger partial charge in [0, 0.05) is 16.8 Å². The van der Waals surface area contributed by atoms with E-state index in [1.54, 1.807) is 17.7 Å². The lowest BCUT2D eigenvalue weighted by atomic mass is 10.1. The number of aromatic nitrogens is 2. The lowest BCUT2D eigenvalue weighted by molar-refractivity contribution is 0.565. The summed E-state index contributed by atoms with van der Waals surface area (Å²) in [6, 6.07) is 2.42. The molecule has 5 heteroatoms. The van der Waals surface area contributed by atoms with Crippen molar-refractivity contribution < 1.29 is 0 Å². The van der Waals surface area contributed by atoms with E-state index < -0.39 is 0 Å². The van der Waals surface area contributed by atoms with Crippen LogP contribution in [-0.2, 0) is 0 Å². The molecule has 2 unspecified atom stereocenters. The molecule has 92 valence electrons. The Balaban J connectivity index is 2.29. The fraction of sp³-hybridized carbons (Fsp3) is 0.500. The van der Waals surface area contributed by atoms with Crippen LogP contribution in [0.15, 0.2) is 12.4 Å². The van der Waals surface area contributed by atoms with Gasteiger partial charge in [0.05, 0.1) is 5.39 Å². The molecule has 0 radical (unpaired) electrons. The fourth-order valence-electron chi connectivity index (χ4n) is 1.58. The monoisotopic (exact) mass is 269 g/mol. The molecule has 0 aliphatic carbocycles. The zero-order valence-electron chi connectivity index (χ0n) is 10.2. The molecule has 0 bridgehead atoms. The minimum absolute atomic E-state index is 0.297. The molecule has 0 fully saturated rings. The summed E-state index contributed by atoms with van der Waals surface area (Å²) in [5.41, 5.74) is 0. The third-order valence-corrected chi connectivity index (χ3v) is 4.36. The molecule has 0 saturated carbocycles. The third-order valence-electron chi connectivity index (χ3n) is 2.91. The second-order valence-corrected chi connectivity index (χ2v) is 5.91. The van der Waals surface area contributed by atoms with Crippen molar-refractivity contribution in [2.45, 2.75) is 26.8 Å². The van der Waals surface area contributed by atoms with Gasteiger partial charge in [-0.15, -0.1) is 22.9 Å². The maximum Gasteiger partial charge on any atom is 0.138 e. The van der Waals surface area contributed by atoms with E-state index in [1.807, 2.05) is 0 Å². The molecule has 0 aliphatic rings. The second-order valence-electron chi connectivity index (χ2n) is 4.36. The van der Waals surface area contributed by atoms with E-state index in [9.17, 15) is 0 Å². The fourth-order valence-corrected chi connectivity index (χ4v) is 2.70. The molecule has 2 rings (SSSR count). The van der Waals surface area contributed by atoms with Gasteiger partial charge >= 0.3 is 0 Å². The molecule has 0 amide bonds. The Hall–Kier alpha value is -0.870. The van der Waals surface area contributed by atoms with Crippen molar-refractivity contribution in [1.29, 1.82) is 0 Å². The molecule has 0 aromatic carbocycles. The van der Waals surface area contributed by atoms with Crippen molar-refractivity contribution in [2.75, 3.05) is 11.2 Å². The van der Waals surface area contributed by atoms with E-state index in [1.165, 1.54) is 4.88 Å². The van der Waals surface area contributed by atoms with Crippen molar-refractivity contribution in [3.63, 3.8) is 0 Å². The van der Waals surface area contributed by atoms with Crippen LogP contribution in [0.25, 0.3) is 10.2 Å². The minimum Gasteiger partial charge on any atom is -0.367 e. The van der Waals surface area contributed by atoms with Crippen LogP contribution in [0.1, 0.15) is 18.7 Å². The highest BCUT2D eigenvalue weighted by molar-refractivity contribution is 7.18. The molecular formula is C12H16ClN3S. The molecule has 0 aliphatic heterocycles. The average Bonchev–Trinajstić information content (AvgIpc) is 2.69. The van der Waals surface area contributed by atoms with Gasteiger partial charge in [0.2, 0.25) is 0 Å². The summed E-state index contributed by atoms with van der Waals surface area (Å²) < 4.78 is 0. The van der Waals surface area contributed by atoms with Crippen LogP contribution in [0.5, 0.6) is 0 Å². The number of nitrogens with zero attached hydrogens (tertiary/aromatic N) is 2. The Morgan fingerprint density at radius 1 is 1.41 bits per heavy atom. The Labute approximate surface area is 110 Å². The van der Waals surface area contributed by atoms with Crippen LogP contribution in [0.3, 0.4) is 0 Å². The number of anilines is 1. The van der Waals surface area contributed by atoms with Crippen molar-refractivity contribution >= 4 is 39.0 Å². The number of rotatable bonds is 4. The largest absolute Gasteiger partial charge is 0.367 e. The van der Waals surface area contributed by atoms with Gasteiger partial charge in [-0.3, -0.25) is 0 Å². The Morgan fingerprint density at radius 2 is 2.18 bits per heavy atom. The Bertz CT molecular complexity index is 511. The number of alkyl halides is 1. The highest BCUT2D eigenvalue weighted by atomic mass is 35.5. The Morgan fingerprint density at radius 3 is 2.88 bits per heavy atom. The summed E-state index contributed by atoms with van der Waals surface area (Å²) in [5.74, 6) is 1.95. The van der Waals surface area contributed by atoms with Crippen molar-refractivity contribution in [3.8, 4) is 0 Å². The third kappa shape index (κ3) is 2.69. The molecule has 2 aromatic heterocycles. The van der Waals surface area contributed by atoms with Gasteiger partial charge in [0.25, 0.3) is 0 Å². The zero-order valence-corrected chi connectivity index (χ0v) is 11.8. The second kappa shape index (κ2) is 5.19. The van der Waals surface area contributed by atoms with Gasteiger partial charge in [0.15, 0.2) is 0 Å². The molecule has 2 aromatic rings. The van der Waals surface area contributed by atoms with Gasteiger partial charge in [-0.1, -0.05) is 6.92 Å². The quantitative estimate of drug-likeness (QED) is 0.861. The van der Waals surface area contributed by atoms with E-state index >= 15 is 0 Å². The summed E-state index contributed by atoms with van der Waals surface area (Å²) in [7, 11) is 0. The van der Waals surface area contributed by atoms with E-state index in [2.05, 4.69) is 42.1 Å². The lowest BCUT2D eigenvalue weighted by Crippen LogP contribution is -2.25. The van der Waals surface area contributed by atoms with E-state index in [0.717, 1.165) is 16.0 Å². The topological polar surface area (TPSA) is 37.8 Å². The first-order chi connectivity index (χ1) is 8.11. The van der Waals surface area contributed by atoms with Gasteiger partial charge in [-0.2, -0.15) is 0 Å². The number of halogens is 1. The van der Waals surface area contributed by atoms with Crippen LogP contribution >= 0.6 is 22.9 Å². The predicted molar refractivity (Wildman–Crippen MR) is 75.1 cm³/mol. The molecule has 3 nitrogen and oxygen atoms in total. The Kier molecular flexibility index (Phi) is 3.84. The summed E-state index contributed by atoms with van der Waals surface area (Å²) in [6.45, 7) is 6.34. The number of hydrogen-bond acceptors (Lipinski definition) is 4. The maximum absolute atomic E-state index is 5.86. The SMILES string of the molecule is Cc1cc2c(NC(C)C(C)CCl)ncnc2s1. The predicted octanol–water partition coefficient (Wildman–Crippen LogP) is 3.68. The van der Waals surface area contributed by atoms with Crippen molar-refractivity contribution in [1.82, 2.24) is 9.97 Å². The molecule has 0 saturated heterocycles. The van der Waals surface area contributed by atoms with Crippen LogP contribution < -0.4 is 5.32 Å². The van der Waals surface area contributed by atoms with Crippen LogP contribution in [0, 0.1) is 12.8 Å².